The van der Waals surface area contributed by atoms with Gasteiger partial charge in [0.15, 0.2) is 17.0 Å². The molecule has 0 amide bonds. The number of fused-ring (bicyclic) bond motifs is 1. The van der Waals surface area contributed by atoms with Crippen LogP contribution >= 0.6 is 11.6 Å². The third-order valence-electron chi connectivity index (χ3n) is 3.39. The summed E-state index contributed by atoms with van der Waals surface area (Å²) in [5.41, 5.74) is 0.711. The van der Waals surface area contributed by atoms with E-state index in [1.165, 1.54) is 10.9 Å². The molecule has 0 aromatic carbocycles. The van der Waals surface area contributed by atoms with Gasteiger partial charge in [0, 0.05) is 7.05 Å². The minimum Gasteiger partial charge on any atom is -0.394 e. The second-order valence-electron chi connectivity index (χ2n) is 4.64. The minimum absolute atomic E-state index is 0.162. The molecule has 9 nitrogen and oxygen atoms in total. The van der Waals surface area contributed by atoms with E-state index in [9.17, 15) is 10.2 Å². The maximum atomic E-state index is 10.1. The first kappa shape index (κ1) is 14.4. The van der Waals surface area contributed by atoms with Crippen LogP contribution in [0.3, 0.4) is 0 Å². The second-order valence-corrected chi connectivity index (χ2v) is 5.00. The van der Waals surface area contributed by atoms with Crippen LogP contribution in [0.25, 0.3) is 11.2 Å². The van der Waals surface area contributed by atoms with Crippen molar-refractivity contribution in [1.29, 1.82) is 0 Å². The maximum Gasteiger partial charge on any atom is 0.225 e. The number of halogens is 1. The lowest BCUT2D eigenvalue weighted by Crippen LogP contribution is -2.33. The van der Waals surface area contributed by atoms with Crippen molar-refractivity contribution < 1.29 is 20.1 Å². The average Bonchev–Trinajstić information content (AvgIpc) is 3.02. The lowest BCUT2D eigenvalue weighted by molar-refractivity contribution is -0.0511. The van der Waals surface area contributed by atoms with Crippen LogP contribution in [0.1, 0.15) is 6.23 Å². The first-order chi connectivity index (χ1) is 10.1. The first-order valence-corrected chi connectivity index (χ1v) is 6.65. The first-order valence-electron chi connectivity index (χ1n) is 6.27. The number of nitrogens with zero attached hydrogens (tertiary/aromatic N) is 4. The quantitative estimate of drug-likeness (QED) is 0.539. The van der Waals surface area contributed by atoms with Gasteiger partial charge in [-0.2, -0.15) is 9.97 Å². The summed E-state index contributed by atoms with van der Waals surface area (Å²) >= 11 is 6.02. The Hall–Kier alpha value is -1.52. The molecule has 10 heteroatoms. The van der Waals surface area contributed by atoms with E-state index in [1.54, 1.807) is 7.05 Å². The molecule has 4 atom stereocenters. The predicted octanol–water partition coefficient (Wildman–Crippen LogP) is -0.867. The number of hydrogen-bond donors (Lipinski definition) is 4. The summed E-state index contributed by atoms with van der Waals surface area (Å²) in [6.07, 6.45) is -2.81. The number of aliphatic hydroxyl groups excluding tert-OH is 3. The predicted molar refractivity (Wildman–Crippen MR) is 72.9 cm³/mol. The summed E-state index contributed by atoms with van der Waals surface area (Å²) in [4.78, 5) is 12.3. The number of rotatable bonds is 3. The summed E-state index contributed by atoms with van der Waals surface area (Å²) < 4.78 is 6.90. The van der Waals surface area contributed by atoms with Gasteiger partial charge in [0.2, 0.25) is 5.95 Å². The standard InChI is InChI=1S/C11H14ClN5O4/c1-13-11-15-8(12)5-9(16-11)17(3-14-5)10-7(20)6(19)4(2-18)21-10/h3-4,6-7,10,18-20H,2H2,1H3,(H,13,15,16)/t4-,6-,7-,10-/m1/s1. The van der Waals surface area contributed by atoms with Crippen LogP contribution in [0.4, 0.5) is 5.95 Å². The smallest absolute Gasteiger partial charge is 0.225 e. The fraction of sp³-hybridized carbons (Fsp3) is 0.545. The van der Waals surface area contributed by atoms with Crippen molar-refractivity contribution in [3.63, 3.8) is 0 Å². The fourth-order valence-corrected chi connectivity index (χ4v) is 2.50. The van der Waals surface area contributed by atoms with Crippen molar-refractivity contribution in [2.24, 2.45) is 0 Å². The monoisotopic (exact) mass is 315 g/mol. The lowest BCUT2D eigenvalue weighted by Gasteiger charge is -2.16. The normalized spacial score (nSPS) is 29.2. The van der Waals surface area contributed by atoms with Crippen molar-refractivity contribution in [1.82, 2.24) is 19.5 Å². The van der Waals surface area contributed by atoms with Gasteiger partial charge in [0.1, 0.15) is 23.8 Å². The Balaban J connectivity index is 2.07. The van der Waals surface area contributed by atoms with Crippen molar-refractivity contribution in [3.8, 4) is 0 Å². The largest absolute Gasteiger partial charge is 0.394 e. The van der Waals surface area contributed by atoms with E-state index < -0.39 is 31.1 Å². The summed E-state index contributed by atoms with van der Waals surface area (Å²) in [7, 11) is 1.64. The molecular formula is C11H14ClN5O4. The highest BCUT2D eigenvalue weighted by Gasteiger charge is 2.44. The number of hydrogen-bond acceptors (Lipinski definition) is 8. The van der Waals surface area contributed by atoms with E-state index >= 15 is 0 Å². The van der Waals surface area contributed by atoms with Crippen LogP contribution in [0, 0.1) is 0 Å². The molecule has 0 spiro atoms. The van der Waals surface area contributed by atoms with Crippen LogP contribution < -0.4 is 5.32 Å². The number of aromatic nitrogens is 4. The van der Waals surface area contributed by atoms with E-state index in [-0.39, 0.29) is 5.15 Å². The highest BCUT2D eigenvalue weighted by molar-refractivity contribution is 6.33. The molecule has 0 bridgehead atoms. The summed E-state index contributed by atoms with van der Waals surface area (Å²) in [6.45, 7) is -0.404. The average molecular weight is 316 g/mol. The third kappa shape index (κ3) is 2.23. The molecule has 2 aromatic heterocycles. The highest BCUT2D eigenvalue weighted by atomic mass is 35.5. The van der Waals surface area contributed by atoms with E-state index in [2.05, 4.69) is 20.3 Å². The number of ether oxygens (including phenoxy) is 1. The molecule has 1 fully saturated rings. The van der Waals surface area contributed by atoms with E-state index in [0.29, 0.717) is 17.1 Å². The molecular weight excluding hydrogens is 302 g/mol. The molecule has 1 aliphatic rings. The van der Waals surface area contributed by atoms with Gasteiger partial charge < -0.3 is 25.4 Å². The molecule has 1 aliphatic heterocycles. The Bertz CT molecular complexity index is 665. The molecule has 3 heterocycles. The van der Waals surface area contributed by atoms with Gasteiger partial charge in [-0.05, 0) is 0 Å². The van der Waals surface area contributed by atoms with Crippen LogP contribution in [-0.4, -0.2) is 66.8 Å². The second kappa shape index (κ2) is 5.35. The van der Waals surface area contributed by atoms with Crippen molar-refractivity contribution in [2.45, 2.75) is 24.5 Å². The SMILES string of the molecule is CNc1nc(Cl)c2ncn([C@@H]3O[C@H](CO)[C@@H](O)[C@H]3O)c2n1. The maximum absolute atomic E-state index is 10.1. The van der Waals surface area contributed by atoms with Crippen molar-refractivity contribution in [3.05, 3.63) is 11.5 Å². The van der Waals surface area contributed by atoms with E-state index in [4.69, 9.17) is 21.4 Å². The molecule has 0 unspecified atom stereocenters. The Kier molecular flexibility index (Phi) is 3.68. The number of nitrogens with one attached hydrogen (secondary N) is 1. The number of anilines is 1. The molecule has 1 saturated heterocycles. The third-order valence-corrected chi connectivity index (χ3v) is 3.66. The molecule has 114 valence electrons. The van der Waals surface area contributed by atoms with Crippen molar-refractivity contribution in [2.75, 3.05) is 19.0 Å². The summed E-state index contributed by atoms with van der Waals surface area (Å²) in [5.74, 6) is 0.293. The molecule has 21 heavy (non-hydrogen) atoms. The Labute approximate surface area is 124 Å². The zero-order chi connectivity index (χ0) is 15.1. The van der Waals surface area contributed by atoms with Crippen molar-refractivity contribution >= 4 is 28.7 Å². The molecule has 4 N–H and O–H groups in total. The zero-order valence-corrected chi connectivity index (χ0v) is 11.8. The van der Waals surface area contributed by atoms with Crippen LogP contribution in [0.15, 0.2) is 6.33 Å². The Morgan fingerprint density at radius 1 is 1.38 bits per heavy atom. The highest BCUT2D eigenvalue weighted by Crippen LogP contribution is 2.32. The topological polar surface area (TPSA) is 126 Å². The van der Waals surface area contributed by atoms with Crippen LogP contribution in [0.5, 0.6) is 0 Å². The van der Waals surface area contributed by atoms with Gasteiger partial charge in [0.05, 0.1) is 12.9 Å². The molecule has 0 saturated carbocycles. The Morgan fingerprint density at radius 3 is 2.76 bits per heavy atom. The number of aliphatic hydroxyl groups is 3. The lowest BCUT2D eigenvalue weighted by atomic mass is 10.1. The van der Waals surface area contributed by atoms with Crippen LogP contribution in [0.2, 0.25) is 5.15 Å². The van der Waals surface area contributed by atoms with Gasteiger partial charge in [-0.15, -0.1) is 0 Å². The van der Waals surface area contributed by atoms with E-state index in [1.807, 2.05) is 0 Å². The molecule has 0 aliphatic carbocycles. The van der Waals surface area contributed by atoms with Crippen LogP contribution in [-0.2, 0) is 4.74 Å². The minimum atomic E-state index is -1.22. The summed E-state index contributed by atoms with van der Waals surface area (Å²) in [5, 5.41) is 31.9. The van der Waals surface area contributed by atoms with Gasteiger partial charge in [-0.3, -0.25) is 4.57 Å². The fourth-order valence-electron chi connectivity index (χ4n) is 2.29. The van der Waals surface area contributed by atoms with Gasteiger partial charge in [0.25, 0.3) is 0 Å². The number of imidazole rings is 1. The summed E-state index contributed by atoms with van der Waals surface area (Å²) in [6, 6.07) is 0. The molecule has 3 rings (SSSR count). The van der Waals surface area contributed by atoms with Gasteiger partial charge in [-0.1, -0.05) is 11.6 Å². The van der Waals surface area contributed by atoms with Gasteiger partial charge in [-0.25, -0.2) is 4.98 Å². The Morgan fingerprint density at radius 2 is 2.14 bits per heavy atom. The molecule has 2 aromatic rings. The molecule has 0 radical (unpaired) electrons. The zero-order valence-electron chi connectivity index (χ0n) is 11.0. The van der Waals surface area contributed by atoms with E-state index in [0.717, 1.165) is 0 Å². The van der Waals surface area contributed by atoms with Gasteiger partial charge >= 0.3 is 0 Å².